The van der Waals surface area contributed by atoms with Gasteiger partial charge in [-0.3, -0.25) is 4.90 Å². The average Bonchev–Trinajstić information content (AvgIpc) is 2.46. The predicted octanol–water partition coefficient (Wildman–Crippen LogP) is 2.87. The van der Waals surface area contributed by atoms with Gasteiger partial charge < -0.3 is 0 Å². The molecule has 2 heterocycles. The van der Waals surface area contributed by atoms with E-state index in [1.807, 2.05) is 6.20 Å². The van der Waals surface area contributed by atoms with E-state index in [1.165, 1.54) is 11.6 Å². The number of hydrogen-bond acceptors (Lipinski definition) is 3. The van der Waals surface area contributed by atoms with Crippen LogP contribution in [-0.2, 0) is 19.4 Å². The smallest absolute Gasteiger partial charge is 0.127 e. The molecule has 0 radical (unpaired) electrons. The Labute approximate surface area is 122 Å². The number of aromatic nitrogens is 2. The zero-order valence-electron chi connectivity index (χ0n) is 11.0. The third kappa shape index (κ3) is 2.81. The Kier molecular flexibility index (Phi) is 3.94. The van der Waals surface area contributed by atoms with Crippen molar-refractivity contribution in [2.45, 2.75) is 19.4 Å². The van der Waals surface area contributed by atoms with E-state index in [4.69, 9.17) is 11.6 Å². The van der Waals surface area contributed by atoms with E-state index in [0.29, 0.717) is 17.0 Å². The van der Waals surface area contributed by atoms with E-state index in [2.05, 4.69) is 14.9 Å². The van der Waals surface area contributed by atoms with Crippen LogP contribution in [0.2, 0.25) is 5.02 Å². The number of fused-ring (bicyclic) bond motifs is 1. The van der Waals surface area contributed by atoms with Crippen LogP contribution in [0.25, 0.3) is 0 Å². The summed E-state index contributed by atoms with van der Waals surface area (Å²) in [5.74, 6) is -0.225. The van der Waals surface area contributed by atoms with Crippen molar-refractivity contribution in [2.75, 3.05) is 13.1 Å². The zero-order chi connectivity index (χ0) is 13.9. The fourth-order valence-corrected chi connectivity index (χ4v) is 2.79. The molecule has 0 unspecified atom stereocenters. The van der Waals surface area contributed by atoms with E-state index in [-0.39, 0.29) is 5.82 Å². The van der Waals surface area contributed by atoms with Crippen molar-refractivity contribution in [3.63, 3.8) is 0 Å². The largest absolute Gasteiger partial charge is 0.297 e. The van der Waals surface area contributed by atoms with Crippen molar-refractivity contribution in [2.24, 2.45) is 0 Å². The molecule has 1 aliphatic heterocycles. The number of halogens is 2. The molecule has 0 fully saturated rings. The second-order valence-corrected chi connectivity index (χ2v) is 5.38. The Morgan fingerprint density at radius 2 is 2.25 bits per heavy atom. The van der Waals surface area contributed by atoms with Crippen molar-refractivity contribution in [3.8, 4) is 0 Å². The molecule has 1 aromatic heterocycles. The summed E-state index contributed by atoms with van der Waals surface area (Å²) < 4.78 is 13.7. The molecule has 0 amide bonds. The fraction of sp³-hybridized carbons (Fsp3) is 0.333. The van der Waals surface area contributed by atoms with Gasteiger partial charge in [-0.05, 0) is 30.5 Å². The summed E-state index contributed by atoms with van der Waals surface area (Å²) in [5.41, 5.74) is 2.89. The summed E-state index contributed by atoms with van der Waals surface area (Å²) in [5, 5.41) is 0.504. The summed E-state index contributed by atoms with van der Waals surface area (Å²) in [6.45, 7) is 2.53. The Morgan fingerprint density at radius 3 is 3.10 bits per heavy atom. The van der Waals surface area contributed by atoms with Crippen LogP contribution in [0.1, 0.15) is 16.8 Å². The molecule has 0 bridgehead atoms. The van der Waals surface area contributed by atoms with Gasteiger partial charge in [0.05, 0.1) is 5.69 Å². The van der Waals surface area contributed by atoms with E-state index in [9.17, 15) is 4.39 Å². The lowest BCUT2D eigenvalue weighted by Crippen LogP contribution is -2.33. The lowest BCUT2D eigenvalue weighted by Gasteiger charge is -2.27. The van der Waals surface area contributed by atoms with Crippen LogP contribution >= 0.6 is 11.6 Å². The first-order valence-corrected chi connectivity index (χ1v) is 7.05. The summed E-state index contributed by atoms with van der Waals surface area (Å²) in [4.78, 5) is 10.6. The van der Waals surface area contributed by atoms with Gasteiger partial charge in [0, 0.05) is 36.4 Å². The lowest BCUT2D eigenvalue weighted by atomic mass is 10.1. The first-order chi connectivity index (χ1) is 9.74. The third-order valence-electron chi connectivity index (χ3n) is 3.69. The van der Waals surface area contributed by atoms with Crippen LogP contribution in [0.15, 0.2) is 30.7 Å². The van der Waals surface area contributed by atoms with Gasteiger partial charge in [-0.1, -0.05) is 17.7 Å². The van der Waals surface area contributed by atoms with Crippen LogP contribution in [0, 0.1) is 5.82 Å². The van der Waals surface area contributed by atoms with Gasteiger partial charge in [-0.2, -0.15) is 0 Å². The first kappa shape index (κ1) is 13.5. The maximum absolute atomic E-state index is 13.7. The molecule has 20 heavy (non-hydrogen) atoms. The highest BCUT2D eigenvalue weighted by Gasteiger charge is 2.18. The molecule has 0 aliphatic carbocycles. The van der Waals surface area contributed by atoms with E-state index in [1.54, 1.807) is 18.5 Å². The van der Waals surface area contributed by atoms with Crippen LogP contribution in [0.5, 0.6) is 0 Å². The molecule has 2 aromatic rings. The molecule has 5 heteroatoms. The summed E-state index contributed by atoms with van der Waals surface area (Å²) >= 11 is 6.05. The van der Waals surface area contributed by atoms with Gasteiger partial charge in [-0.25, -0.2) is 14.4 Å². The molecule has 0 saturated heterocycles. The topological polar surface area (TPSA) is 29.0 Å². The minimum absolute atomic E-state index is 0.225. The Balaban J connectivity index is 1.66. The monoisotopic (exact) mass is 291 g/mol. The molecule has 3 nitrogen and oxygen atoms in total. The highest BCUT2D eigenvalue weighted by molar-refractivity contribution is 6.31. The van der Waals surface area contributed by atoms with Crippen LogP contribution < -0.4 is 0 Å². The summed E-state index contributed by atoms with van der Waals surface area (Å²) in [7, 11) is 0. The molecule has 0 N–H and O–H groups in total. The maximum atomic E-state index is 13.7. The minimum atomic E-state index is -0.225. The molecule has 1 aliphatic rings. The molecule has 3 rings (SSSR count). The first-order valence-electron chi connectivity index (χ1n) is 6.67. The van der Waals surface area contributed by atoms with E-state index >= 15 is 0 Å². The third-order valence-corrected chi connectivity index (χ3v) is 4.05. The fourth-order valence-electron chi connectivity index (χ4n) is 2.54. The van der Waals surface area contributed by atoms with Crippen molar-refractivity contribution >= 4 is 11.6 Å². The van der Waals surface area contributed by atoms with Crippen LogP contribution in [0.4, 0.5) is 4.39 Å². The predicted molar refractivity (Wildman–Crippen MR) is 76.1 cm³/mol. The van der Waals surface area contributed by atoms with Crippen molar-refractivity contribution in [3.05, 3.63) is 58.4 Å². The van der Waals surface area contributed by atoms with Crippen molar-refractivity contribution in [1.82, 2.24) is 14.9 Å². The molecular formula is C15H15ClFN3. The molecule has 104 valence electrons. The normalized spacial score (nSPS) is 15.1. The highest BCUT2D eigenvalue weighted by Crippen LogP contribution is 2.21. The zero-order valence-corrected chi connectivity index (χ0v) is 11.8. The Hall–Kier alpha value is -1.52. The summed E-state index contributed by atoms with van der Waals surface area (Å²) in [6.07, 6.45) is 5.02. The van der Waals surface area contributed by atoms with Gasteiger partial charge in [-0.15, -0.1) is 0 Å². The molecular weight excluding hydrogens is 277 g/mol. The van der Waals surface area contributed by atoms with Gasteiger partial charge >= 0.3 is 0 Å². The minimum Gasteiger partial charge on any atom is -0.297 e. The molecule has 0 atom stereocenters. The summed E-state index contributed by atoms with van der Waals surface area (Å²) in [6, 6.07) is 4.83. The second-order valence-electron chi connectivity index (χ2n) is 4.97. The highest BCUT2D eigenvalue weighted by atomic mass is 35.5. The van der Waals surface area contributed by atoms with Crippen LogP contribution in [-0.4, -0.2) is 28.0 Å². The number of rotatable bonds is 3. The molecule has 1 aromatic carbocycles. The SMILES string of the molecule is Fc1cccc(Cl)c1CCN1CCc2cncnc2C1. The van der Waals surface area contributed by atoms with Gasteiger partial charge in [0.15, 0.2) is 0 Å². The maximum Gasteiger partial charge on any atom is 0.127 e. The molecule has 0 spiro atoms. The van der Waals surface area contributed by atoms with E-state index in [0.717, 1.165) is 31.7 Å². The number of nitrogens with zero attached hydrogens (tertiary/aromatic N) is 3. The van der Waals surface area contributed by atoms with E-state index < -0.39 is 0 Å². The van der Waals surface area contributed by atoms with Gasteiger partial charge in [0.2, 0.25) is 0 Å². The molecule has 0 saturated carbocycles. The average molecular weight is 292 g/mol. The van der Waals surface area contributed by atoms with Gasteiger partial charge in [0.1, 0.15) is 12.1 Å². The van der Waals surface area contributed by atoms with Crippen molar-refractivity contribution < 1.29 is 4.39 Å². The van der Waals surface area contributed by atoms with Crippen LogP contribution in [0.3, 0.4) is 0 Å². The van der Waals surface area contributed by atoms with Crippen molar-refractivity contribution in [1.29, 1.82) is 0 Å². The number of benzene rings is 1. The Bertz CT molecular complexity index is 598. The number of hydrogen-bond donors (Lipinski definition) is 0. The lowest BCUT2D eigenvalue weighted by molar-refractivity contribution is 0.252. The van der Waals surface area contributed by atoms with Gasteiger partial charge in [0.25, 0.3) is 0 Å². The standard InChI is InChI=1S/C15H15ClFN3/c16-13-2-1-3-14(17)12(13)5-7-20-6-4-11-8-18-10-19-15(11)9-20/h1-3,8,10H,4-7,9H2. The second kappa shape index (κ2) is 5.85. The quantitative estimate of drug-likeness (QED) is 0.871. The Morgan fingerprint density at radius 1 is 1.35 bits per heavy atom.